The zero-order chi connectivity index (χ0) is 16.3. The van der Waals surface area contributed by atoms with Crippen LogP contribution in [0.5, 0.6) is 0 Å². The molecule has 1 N–H and O–H groups in total. The van der Waals surface area contributed by atoms with Gasteiger partial charge in [-0.2, -0.15) is 0 Å². The third kappa shape index (κ3) is 3.27. The number of nitrogens with zero attached hydrogens (tertiary/aromatic N) is 2. The van der Waals surface area contributed by atoms with Crippen molar-refractivity contribution in [2.45, 2.75) is 32.2 Å². The van der Waals surface area contributed by atoms with Crippen LogP contribution in [0.3, 0.4) is 0 Å². The number of rotatable bonds is 5. The molecule has 6 nitrogen and oxygen atoms in total. The van der Waals surface area contributed by atoms with Crippen molar-refractivity contribution in [2.24, 2.45) is 0 Å². The summed E-state index contributed by atoms with van der Waals surface area (Å²) in [7, 11) is 1.47. The van der Waals surface area contributed by atoms with Gasteiger partial charge in [0.2, 0.25) is 11.8 Å². The number of carbonyl (C=O) groups excluding carboxylic acids is 2. The Balaban J connectivity index is 2.04. The molecule has 118 valence electrons. The quantitative estimate of drug-likeness (QED) is 0.889. The Morgan fingerprint density at radius 1 is 1.32 bits per heavy atom. The van der Waals surface area contributed by atoms with Gasteiger partial charge >= 0.3 is 5.97 Å². The predicted octanol–water partition coefficient (Wildman–Crippen LogP) is 1.29. The first-order valence-electron chi connectivity index (χ1n) is 7.28. The maximum absolute atomic E-state index is 12.1. The summed E-state index contributed by atoms with van der Waals surface area (Å²) in [4.78, 5) is 37.9. The highest BCUT2D eigenvalue weighted by atomic mass is 16.4. The fourth-order valence-corrected chi connectivity index (χ4v) is 2.51. The summed E-state index contributed by atoms with van der Waals surface area (Å²) in [5.41, 5.74) is 1.95. The second-order valence-corrected chi connectivity index (χ2v) is 5.44. The first kappa shape index (κ1) is 16.0. The normalized spacial score (nSPS) is 15.2. The molecule has 0 bridgehead atoms. The van der Waals surface area contributed by atoms with E-state index in [0.29, 0.717) is 6.42 Å². The lowest BCUT2D eigenvalue weighted by atomic mass is 10.0. The van der Waals surface area contributed by atoms with Crippen molar-refractivity contribution in [3.8, 4) is 0 Å². The highest BCUT2D eigenvalue weighted by Crippen LogP contribution is 2.27. The zero-order valence-electron chi connectivity index (χ0n) is 12.8. The van der Waals surface area contributed by atoms with Crippen molar-refractivity contribution >= 4 is 23.5 Å². The number of anilines is 1. The minimum atomic E-state index is -1.05. The van der Waals surface area contributed by atoms with Crippen LogP contribution < -0.4 is 4.90 Å². The largest absolute Gasteiger partial charge is 0.480 e. The van der Waals surface area contributed by atoms with E-state index < -0.39 is 12.0 Å². The number of carbonyl (C=O) groups is 3. The Morgan fingerprint density at radius 3 is 2.68 bits per heavy atom. The number of fused-ring (bicyclic) bond motifs is 1. The molecule has 2 rings (SSSR count). The lowest BCUT2D eigenvalue weighted by Gasteiger charge is -2.30. The zero-order valence-corrected chi connectivity index (χ0v) is 12.8. The highest BCUT2D eigenvalue weighted by molar-refractivity contribution is 5.97. The van der Waals surface area contributed by atoms with Crippen molar-refractivity contribution in [1.82, 2.24) is 4.90 Å². The fourth-order valence-electron chi connectivity index (χ4n) is 2.51. The molecule has 1 heterocycles. The molecule has 22 heavy (non-hydrogen) atoms. The number of amides is 2. The molecule has 1 aromatic carbocycles. The van der Waals surface area contributed by atoms with Crippen LogP contribution in [0.4, 0.5) is 5.69 Å². The van der Waals surface area contributed by atoms with Crippen molar-refractivity contribution in [3.05, 3.63) is 29.8 Å². The number of benzene rings is 1. The van der Waals surface area contributed by atoms with Gasteiger partial charge in [0.1, 0.15) is 6.04 Å². The van der Waals surface area contributed by atoms with Crippen molar-refractivity contribution < 1.29 is 19.5 Å². The van der Waals surface area contributed by atoms with Gasteiger partial charge in [-0.05, 0) is 25.0 Å². The summed E-state index contributed by atoms with van der Waals surface area (Å²) >= 11 is 0. The van der Waals surface area contributed by atoms with E-state index in [-0.39, 0.29) is 24.8 Å². The molecule has 1 atom stereocenters. The van der Waals surface area contributed by atoms with Crippen LogP contribution in [-0.4, -0.2) is 47.4 Å². The molecule has 1 aromatic rings. The van der Waals surface area contributed by atoms with E-state index in [4.69, 9.17) is 5.11 Å². The third-order valence-electron chi connectivity index (χ3n) is 4.07. The van der Waals surface area contributed by atoms with E-state index in [1.54, 1.807) is 4.90 Å². The summed E-state index contributed by atoms with van der Waals surface area (Å²) < 4.78 is 0. The number of para-hydroxylation sites is 1. The molecule has 0 saturated heterocycles. The van der Waals surface area contributed by atoms with E-state index in [0.717, 1.165) is 17.7 Å². The van der Waals surface area contributed by atoms with Crippen LogP contribution >= 0.6 is 0 Å². The summed E-state index contributed by atoms with van der Waals surface area (Å²) in [6, 6.07) is 6.78. The monoisotopic (exact) mass is 304 g/mol. The third-order valence-corrected chi connectivity index (χ3v) is 4.07. The maximum atomic E-state index is 12.1. The standard InChI is InChI=1S/C16H20N2O4/c1-11(16(21)22)17(2)14(19)9-10-18-13-6-4-3-5-12(13)7-8-15(18)20/h3-6,11H,7-10H2,1-2H3,(H,21,22). The molecule has 0 radical (unpaired) electrons. The van der Waals surface area contributed by atoms with E-state index in [1.807, 2.05) is 24.3 Å². The molecular formula is C16H20N2O4. The number of hydrogen-bond donors (Lipinski definition) is 1. The summed E-state index contributed by atoms with van der Waals surface area (Å²) in [6.45, 7) is 1.73. The number of carboxylic acid groups (broad SMARTS) is 1. The van der Waals surface area contributed by atoms with Crippen LogP contribution in [0.15, 0.2) is 24.3 Å². The Hall–Kier alpha value is -2.37. The molecule has 0 fully saturated rings. The van der Waals surface area contributed by atoms with Gasteiger partial charge in [-0.15, -0.1) is 0 Å². The molecular weight excluding hydrogens is 284 g/mol. The average Bonchev–Trinajstić information content (AvgIpc) is 2.52. The van der Waals surface area contributed by atoms with Crippen molar-refractivity contribution in [3.63, 3.8) is 0 Å². The Kier molecular flexibility index (Phi) is 4.80. The number of carboxylic acids is 1. The van der Waals surface area contributed by atoms with E-state index in [1.165, 1.54) is 18.9 Å². The van der Waals surface area contributed by atoms with Crippen molar-refractivity contribution in [2.75, 3.05) is 18.5 Å². The minimum absolute atomic E-state index is 0.000404. The lowest BCUT2D eigenvalue weighted by Crippen LogP contribution is -2.43. The van der Waals surface area contributed by atoms with Gasteiger partial charge in [0.25, 0.3) is 0 Å². The van der Waals surface area contributed by atoms with Crippen LogP contribution in [0.25, 0.3) is 0 Å². The molecule has 0 spiro atoms. The van der Waals surface area contributed by atoms with Crippen molar-refractivity contribution in [1.29, 1.82) is 0 Å². The number of hydrogen-bond acceptors (Lipinski definition) is 3. The topological polar surface area (TPSA) is 77.9 Å². The molecule has 1 unspecified atom stereocenters. The molecule has 0 saturated carbocycles. The average molecular weight is 304 g/mol. The minimum Gasteiger partial charge on any atom is -0.480 e. The number of aliphatic carboxylic acids is 1. The maximum Gasteiger partial charge on any atom is 0.326 e. The SMILES string of the molecule is CC(C(=O)O)N(C)C(=O)CCN1C(=O)CCc2ccccc21. The van der Waals surface area contributed by atoms with Gasteiger partial charge in [-0.3, -0.25) is 9.59 Å². The molecule has 0 aliphatic carbocycles. The summed E-state index contributed by atoms with van der Waals surface area (Å²) in [6.07, 6.45) is 1.26. The summed E-state index contributed by atoms with van der Waals surface area (Å²) in [5.74, 6) is -1.33. The second kappa shape index (κ2) is 6.60. The first-order chi connectivity index (χ1) is 10.4. The van der Waals surface area contributed by atoms with E-state index in [2.05, 4.69) is 0 Å². The van der Waals surface area contributed by atoms with Crippen LogP contribution in [0.1, 0.15) is 25.3 Å². The number of likely N-dealkylation sites (N-methyl/N-ethyl adjacent to an activating group) is 1. The van der Waals surface area contributed by atoms with Gasteiger partial charge in [-0.1, -0.05) is 18.2 Å². The Labute approximate surface area is 129 Å². The molecule has 1 aliphatic heterocycles. The van der Waals surface area contributed by atoms with E-state index >= 15 is 0 Å². The predicted molar refractivity (Wildman–Crippen MR) is 81.6 cm³/mol. The molecule has 2 amide bonds. The van der Waals surface area contributed by atoms with Gasteiger partial charge in [0.05, 0.1) is 0 Å². The first-order valence-corrected chi connectivity index (χ1v) is 7.28. The van der Waals surface area contributed by atoms with Crippen LogP contribution in [-0.2, 0) is 20.8 Å². The molecule has 0 aromatic heterocycles. The van der Waals surface area contributed by atoms with Gasteiger partial charge in [-0.25, -0.2) is 4.79 Å². The second-order valence-electron chi connectivity index (χ2n) is 5.44. The van der Waals surface area contributed by atoms with Gasteiger partial charge < -0.3 is 14.9 Å². The summed E-state index contributed by atoms with van der Waals surface area (Å²) in [5, 5.41) is 8.93. The van der Waals surface area contributed by atoms with Crippen LogP contribution in [0.2, 0.25) is 0 Å². The van der Waals surface area contributed by atoms with Gasteiger partial charge in [0, 0.05) is 32.1 Å². The molecule has 6 heteroatoms. The smallest absolute Gasteiger partial charge is 0.326 e. The Morgan fingerprint density at radius 2 is 2.00 bits per heavy atom. The lowest BCUT2D eigenvalue weighted by molar-refractivity contribution is -0.148. The van der Waals surface area contributed by atoms with Gasteiger partial charge in [0.15, 0.2) is 0 Å². The van der Waals surface area contributed by atoms with E-state index in [9.17, 15) is 14.4 Å². The number of aryl methyl sites for hydroxylation is 1. The van der Waals surface area contributed by atoms with Crippen LogP contribution in [0, 0.1) is 0 Å². The molecule has 1 aliphatic rings. The Bertz CT molecular complexity index is 600. The highest BCUT2D eigenvalue weighted by Gasteiger charge is 2.26. The fraction of sp³-hybridized carbons (Fsp3) is 0.438.